The number of pyridine rings is 1. The lowest BCUT2D eigenvalue weighted by atomic mass is 10.2. The summed E-state index contributed by atoms with van der Waals surface area (Å²) in [6.07, 6.45) is 6.71. The summed E-state index contributed by atoms with van der Waals surface area (Å²) < 4.78 is 10.6. The highest BCUT2D eigenvalue weighted by atomic mass is 16.5. The number of methoxy groups -OCH3 is 2. The van der Waals surface area contributed by atoms with Gasteiger partial charge in [-0.25, -0.2) is 9.97 Å². The highest BCUT2D eigenvalue weighted by Gasteiger charge is 2.34. The van der Waals surface area contributed by atoms with Crippen molar-refractivity contribution in [3.05, 3.63) is 42.1 Å². The van der Waals surface area contributed by atoms with Crippen molar-refractivity contribution < 1.29 is 9.47 Å². The van der Waals surface area contributed by atoms with Crippen molar-refractivity contribution in [3.63, 3.8) is 0 Å². The summed E-state index contributed by atoms with van der Waals surface area (Å²) in [7, 11) is 3.39. The molecule has 2 aromatic heterocycles. The normalized spacial score (nSPS) is 22.6. The molecule has 0 aromatic carbocycles. The molecule has 1 aliphatic heterocycles. The second-order valence-electron chi connectivity index (χ2n) is 5.22. The molecule has 0 bridgehead atoms. The number of H-pyrrole nitrogens is 1. The van der Waals surface area contributed by atoms with Gasteiger partial charge in [-0.2, -0.15) is 0 Å². The quantitative estimate of drug-likeness (QED) is 0.908. The molecule has 1 aliphatic rings. The zero-order chi connectivity index (χ0) is 14.7. The molecule has 0 spiro atoms. The smallest absolute Gasteiger partial charge is 0.212 e. The minimum atomic E-state index is 0.242. The molecule has 1 fully saturated rings. The van der Waals surface area contributed by atoms with Crippen molar-refractivity contribution in [2.24, 2.45) is 0 Å². The first-order valence-corrected chi connectivity index (χ1v) is 7.05. The summed E-state index contributed by atoms with van der Waals surface area (Å²) in [6.45, 7) is 1.72. The summed E-state index contributed by atoms with van der Waals surface area (Å²) in [5.41, 5.74) is 1.16. The van der Waals surface area contributed by atoms with Crippen LogP contribution >= 0.6 is 0 Å². The van der Waals surface area contributed by atoms with Crippen LogP contribution in [-0.4, -0.2) is 46.7 Å². The van der Waals surface area contributed by atoms with Gasteiger partial charge in [0, 0.05) is 44.9 Å². The van der Waals surface area contributed by atoms with Crippen LogP contribution in [0.2, 0.25) is 0 Å². The second kappa shape index (κ2) is 6.24. The Morgan fingerprint density at radius 2 is 2.24 bits per heavy atom. The van der Waals surface area contributed by atoms with Gasteiger partial charge in [-0.15, -0.1) is 0 Å². The predicted octanol–water partition coefficient (Wildman–Crippen LogP) is 1.78. The second-order valence-corrected chi connectivity index (χ2v) is 5.22. The Labute approximate surface area is 124 Å². The third-order valence-electron chi connectivity index (χ3n) is 3.93. The molecule has 0 aliphatic carbocycles. The molecule has 1 saturated heterocycles. The number of nitrogens with zero attached hydrogens (tertiary/aromatic N) is 3. The minimum absolute atomic E-state index is 0.242. The average Bonchev–Trinajstić information content (AvgIpc) is 3.17. The molecule has 0 saturated carbocycles. The SMILES string of the molecule is COc1ccc(CN2C[C@H](OC)C[C@H]2c2ncc[nH]2)cn1. The van der Waals surface area contributed by atoms with Gasteiger partial charge in [0.25, 0.3) is 0 Å². The molecule has 0 amide bonds. The number of hydrogen-bond acceptors (Lipinski definition) is 5. The molecular weight excluding hydrogens is 268 g/mol. The van der Waals surface area contributed by atoms with E-state index in [-0.39, 0.29) is 12.1 Å². The third kappa shape index (κ3) is 3.06. The van der Waals surface area contributed by atoms with Crippen molar-refractivity contribution in [2.45, 2.75) is 25.1 Å². The van der Waals surface area contributed by atoms with E-state index in [0.717, 1.165) is 30.9 Å². The summed E-state index contributed by atoms with van der Waals surface area (Å²) in [5.74, 6) is 1.63. The van der Waals surface area contributed by atoms with Gasteiger partial charge in [-0.05, 0) is 12.0 Å². The summed E-state index contributed by atoms with van der Waals surface area (Å²) in [4.78, 5) is 14.2. The van der Waals surface area contributed by atoms with Gasteiger partial charge in [-0.3, -0.25) is 4.90 Å². The van der Waals surface area contributed by atoms with E-state index in [0.29, 0.717) is 5.88 Å². The maximum absolute atomic E-state index is 5.52. The standard InChI is InChI=1S/C15H20N4O2/c1-20-12-7-13(15-16-5-6-17-15)19(10-12)9-11-3-4-14(21-2)18-8-11/h3-6,8,12-13H,7,9-10H2,1-2H3,(H,16,17)/t12-,13+/m1/s1. The van der Waals surface area contributed by atoms with Crippen LogP contribution in [0.1, 0.15) is 23.9 Å². The first kappa shape index (κ1) is 14.0. The van der Waals surface area contributed by atoms with Crippen molar-refractivity contribution in [1.82, 2.24) is 19.9 Å². The molecular formula is C15H20N4O2. The van der Waals surface area contributed by atoms with Crippen LogP contribution in [-0.2, 0) is 11.3 Å². The van der Waals surface area contributed by atoms with Gasteiger partial charge in [0.15, 0.2) is 0 Å². The van der Waals surface area contributed by atoms with E-state index in [1.807, 2.05) is 24.5 Å². The Balaban J connectivity index is 1.74. The van der Waals surface area contributed by atoms with Crippen LogP contribution in [0, 0.1) is 0 Å². The highest BCUT2D eigenvalue weighted by molar-refractivity contribution is 5.18. The maximum Gasteiger partial charge on any atom is 0.212 e. The highest BCUT2D eigenvalue weighted by Crippen LogP contribution is 2.32. The fourth-order valence-corrected chi connectivity index (χ4v) is 2.81. The Morgan fingerprint density at radius 1 is 1.33 bits per heavy atom. The molecule has 6 heteroatoms. The lowest BCUT2D eigenvalue weighted by Crippen LogP contribution is -2.25. The molecule has 2 atom stereocenters. The van der Waals surface area contributed by atoms with Crippen LogP contribution in [0.5, 0.6) is 5.88 Å². The largest absolute Gasteiger partial charge is 0.481 e. The monoisotopic (exact) mass is 288 g/mol. The van der Waals surface area contributed by atoms with Crippen molar-refractivity contribution >= 4 is 0 Å². The van der Waals surface area contributed by atoms with Gasteiger partial charge >= 0.3 is 0 Å². The van der Waals surface area contributed by atoms with Gasteiger partial charge in [0.2, 0.25) is 5.88 Å². The summed E-state index contributed by atoms with van der Waals surface area (Å²) in [6, 6.07) is 4.19. The number of likely N-dealkylation sites (tertiary alicyclic amines) is 1. The Morgan fingerprint density at radius 3 is 2.86 bits per heavy atom. The Bertz CT molecular complexity index is 556. The first-order valence-electron chi connectivity index (χ1n) is 7.05. The fourth-order valence-electron chi connectivity index (χ4n) is 2.81. The van der Waals surface area contributed by atoms with Crippen LogP contribution < -0.4 is 4.74 Å². The molecule has 112 valence electrons. The molecule has 6 nitrogen and oxygen atoms in total. The molecule has 0 unspecified atom stereocenters. The predicted molar refractivity (Wildman–Crippen MR) is 77.9 cm³/mol. The number of aromatic amines is 1. The lowest BCUT2D eigenvalue weighted by molar-refractivity contribution is 0.107. The van der Waals surface area contributed by atoms with Crippen molar-refractivity contribution in [1.29, 1.82) is 0 Å². The number of imidazole rings is 1. The van der Waals surface area contributed by atoms with Gasteiger partial charge in [0.1, 0.15) is 5.82 Å². The summed E-state index contributed by atoms with van der Waals surface area (Å²) >= 11 is 0. The van der Waals surface area contributed by atoms with Crippen LogP contribution in [0.3, 0.4) is 0 Å². The minimum Gasteiger partial charge on any atom is -0.481 e. The van der Waals surface area contributed by atoms with E-state index in [2.05, 4.69) is 19.9 Å². The van der Waals surface area contributed by atoms with Gasteiger partial charge < -0.3 is 14.5 Å². The van der Waals surface area contributed by atoms with E-state index in [1.165, 1.54) is 0 Å². The fraction of sp³-hybridized carbons (Fsp3) is 0.467. The molecule has 3 rings (SSSR count). The van der Waals surface area contributed by atoms with E-state index in [4.69, 9.17) is 9.47 Å². The van der Waals surface area contributed by atoms with E-state index < -0.39 is 0 Å². The third-order valence-corrected chi connectivity index (χ3v) is 3.93. The first-order chi connectivity index (χ1) is 10.3. The van der Waals surface area contributed by atoms with Crippen molar-refractivity contribution in [3.8, 4) is 5.88 Å². The number of nitrogens with one attached hydrogen (secondary N) is 1. The van der Waals surface area contributed by atoms with E-state index >= 15 is 0 Å². The van der Waals surface area contributed by atoms with Crippen LogP contribution in [0.25, 0.3) is 0 Å². The number of rotatable bonds is 5. The molecule has 1 N–H and O–H groups in total. The molecule has 3 heterocycles. The van der Waals surface area contributed by atoms with Crippen molar-refractivity contribution in [2.75, 3.05) is 20.8 Å². The van der Waals surface area contributed by atoms with E-state index in [9.17, 15) is 0 Å². The Hall–Kier alpha value is -1.92. The molecule has 2 aromatic rings. The van der Waals surface area contributed by atoms with Crippen LogP contribution in [0.15, 0.2) is 30.7 Å². The molecule has 0 radical (unpaired) electrons. The average molecular weight is 288 g/mol. The molecule has 21 heavy (non-hydrogen) atoms. The Kier molecular flexibility index (Phi) is 4.17. The maximum atomic E-state index is 5.52. The topological polar surface area (TPSA) is 63.3 Å². The van der Waals surface area contributed by atoms with Crippen LogP contribution in [0.4, 0.5) is 0 Å². The number of hydrogen-bond donors (Lipinski definition) is 1. The van der Waals surface area contributed by atoms with E-state index in [1.54, 1.807) is 20.4 Å². The lowest BCUT2D eigenvalue weighted by Gasteiger charge is -2.22. The zero-order valence-electron chi connectivity index (χ0n) is 12.3. The number of ether oxygens (including phenoxy) is 2. The summed E-state index contributed by atoms with van der Waals surface area (Å²) in [5, 5.41) is 0. The number of aromatic nitrogens is 3. The van der Waals surface area contributed by atoms with Gasteiger partial charge in [-0.1, -0.05) is 6.07 Å². The zero-order valence-corrected chi connectivity index (χ0v) is 12.3. The van der Waals surface area contributed by atoms with Gasteiger partial charge in [0.05, 0.1) is 19.3 Å².